The maximum atomic E-state index is 10.9. The van der Waals surface area contributed by atoms with E-state index in [-0.39, 0.29) is 11.9 Å². The van der Waals surface area contributed by atoms with Crippen molar-refractivity contribution in [1.29, 1.82) is 0 Å². The van der Waals surface area contributed by atoms with Crippen molar-refractivity contribution in [3.63, 3.8) is 0 Å². The minimum Gasteiger partial charge on any atom is -0.463 e. The van der Waals surface area contributed by atoms with E-state index in [0.717, 1.165) is 38.0 Å². The molecule has 0 bridgehead atoms. The Labute approximate surface area is 134 Å². The lowest BCUT2D eigenvalue weighted by Crippen LogP contribution is -2.04. The number of carbonyl (C=O) groups excluding carboxylic acids is 2. The summed E-state index contributed by atoms with van der Waals surface area (Å²) >= 11 is 0. The van der Waals surface area contributed by atoms with Gasteiger partial charge in [-0.1, -0.05) is 52.2 Å². The van der Waals surface area contributed by atoms with Crippen molar-refractivity contribution in [2.75, 3.05) is 13.2 Å². The van der Waals surface area contributed by atoms with Gasteiger partial charge in [-0.05, 0) is 25.2 Å². The highest BCUT2D eigenvalue weighted by molar-refractivity contribution is 5.81. The molecule has 0 amide bonds. The van der Waals surface area contributed by atoms with Crippen molar-refractivity contribution in [3.05, 3.63) is 25.3 Å². The van der Waals surface area contributed by atoms with Crippen LogP contribution >= 0.6 is 0 Å². The molecule has 1 unspecified atom stereocenters. The molecule has 0 aromatic rings. The lowest BCUT2D eigenvalue weighted by atomic mass is 9.93. The Bertz CT molecular complexity index is 336. The highest BCUT2D eigenvalue weighted by Gasteiger charge is 2.06. The third-order valence-electron chi connectivity index (χ3n) is 3.66. The van der Waals surface area contributed by atoms with E-state index < -0.39 is 0 Å². The predicted molar refractivity (Wildman–Crippen MR) is 88.4 cm³/mol. The van der Waals surface area contributed by atoms with Gasteiger partial charge in [0.05, 0.1) is 13.2 Å². The van der Waals surface area contributed by atoms with Gasteiger partial charge in [0, 0.05) is 12.2 Å². The lowest BCUT2D eigenvalue weighted by molar-refractivity contribution is -0.138. The van der Waals surface area contributed by atoms with E-state index >= 15 is 0 Å². The van der Waals surface area contributed by atoms with E-state index in [1.165, 1.54) is 31.4 Å². The van der Waals surface area contributed by atoms with Gasteiger partial charge in [0.25, 0.3) is 0 Å². The summed E-state index contributed by atoms with van der Waals surface area (Å²) in [6, 6.07) is 0. The zero-order valence-corrected chi connectivity index (χ0v) is 13.9. The minimum absolute atomic E-state index is 0.343. The maximum Gasteiger partial charge on any atom is 0.330 e. The van der Waals surface area contributed by atoms with Crippen LogP contribution in [0, 0.1) is 5.92 Å². The molecule has 0 radical (unpaired) electrons. The van der Waals surface area contributed by atoms with Crippen LogP contribution in [0.2, 0.25) is 0 Å². The topological polar surface area (TPSA) is 52.6 Å². The van der Waals surface area contributed by atoms with Crippen molar-refractivity contribution in [3.8, 4) is 0 Å². The highest BCUT2D eigenvalue weighted by atomic mass is 16.5. The molecular weight excluding hydrogens is 280 g/mol. The summed E-state index contributed by atoms with van der Waals surface area (Å²) in [4.78, 5) is 21.7. The fourth-order valence-corrected chi connectivity index (χ4v) is 2.26. The Morgan fingerprint density at radius 2 is 1.32 bits per heavy atom. The minimum atomic E-state index is -0.344. The number of ether oxygens (including phenoxy) is 2. The molecule has 0 heterocycles. The quantitative estimate of drug-likeness (QED) is 0.274. The fourth-order valence-electron chi connectivity index (χ4n) is 2.26. The van der Waals surface area contributed by atoms with Crippen molar-refractivity contribution < 1.29 is 19.1 Å². The number of hydrogen-bond donors (Lipinski definition) is 0. The largest absolute Gasteiger partial charge is 0.463 e. The Kier molecular flexibility index (Phi) is 13.3. The van der Waals surface area contributed by atoms with E-state index in [4.69, 9.17) is 9.47 Å². The molecule has 0 aliphatic heterocycles. The average molecular weight is 310 g/mol. The van der Waals surface area contributed by atoms with Crippen molar-refractivity contribution >= 4 is 11.9 Å². The van der Waals surface area contributed by atoms with Crippen LogP contribution in [-0.2, 0) is 19.1 Å². The summed E-state index contributed by atoms with van der Waals surface area (Å²) < 4.78 is 9.89. The molecule has 0 rings (SSSR count). The lowest BCUT2D eigenvalue weighted by Gasteiger charge is -2.14. The summed E-state index contributed by atoms with van der Waals surface area (Å²) in [5, 5.41) is 0. The van der Waals surface area contributed by atoms with Crippen LogP contribution in [0.4, 0.5) is 0 Å². The van der Waals surface area contributed by atoms with Crippen LogP contribution in [-0.4, -0.2) is 25.2 Å². The van der Waals surface area contributed by atoms with E-state index in [1.807, 2.05) is 0 Å². The molecule has 4 nitrogen and oxygen atoms in total. The predicted octanol–water partition coefficient (Wildman–Crippen LogP) is 4.20. The second-order valence-corrected chi connectivity index (χ2v) is 5.36. The molecule has 22 heavy (non-hydrogen) atoms. The third-order valence-corrected chi connectivity index (χ3v) is 3.66. The third kappa shape index (κ3) is 12.2. The second kappa shape index (κ2) is 14.4. The molecule has 0 spiro atoms. The zero-order valence-electron chi connectivity index (χ0n) is 13.9. The Morgan fingerprint density at radius 3 is 1.77 bits per heavy atom. The molecule has 0 fully saturated rings. The second-order valence-electron chi connectivity index (χ2n) is 5.36. The first-order valence-corrected chi connectivity index (χ1v) is 8.22. The van der Waals surface area contributed by atoms with Gasteiger partial charge in [-0.3, -0.25) is 0 Å². The first kappa shape index (κ1) is 20.4. The number of rotatable bonds is 14. The van der Waals surface area contributed by atoms with Gasteiger partial charge < -0.3 is 9.47 Å². The summed E-state index contributed by atoms with van der Waals surface area (Å²) in [6.07, 6.45) is 11.1. The molecule has 126 valence electrons. The van der Waals surface area contributed by atoms with E-state index in [2.05, 4.69) is 20.1 Å². The molecule has 0 N–H and O–H groups in total. The number of carbonyl (C=O) groups is 2. The molecule has 0 saturated heterocycles. The van der Waals surface area contributed by atoms with Gasteiger partial charge in [-0.25, -0.2) is 9.59 Å². The SMILES string of the molecule is C=CC(=O)OCCCCCC(CC)CCCCOC(=O)C=C. The van der Waals surface area contributed by atoms with Crippen molar-refractivity contribution in [1.82, 2.24) is 0 Å². The summed E-state index contributed by atoms with van der Waals surface area (Å²) in [5.41, 5.74) is 0. The number of hydrogen-bond acceptors (Lipinski definition) is 4. The number of unbranched alkanes of at least 4 members (excludes halogenated alkanes) is 3. The van der Waals surface area contributed by atoms with Gasteiger partial charge >= 0.3 is 11.9 Å². The molecule has 4 heteroatoms. The molecule has 0 aromatic carbocycles. The van der Waals surface area contributed by atoms with E-state index in [1.54, 1.807) is 0 Å². The van der Waals surface area contributed by atoms with Crippen LogP contribution in [0.1, 0.15) is 58.3 Å². The average Bonchev–Trinajstić information content (AvgIpc) is 2.54. The fraction of sp³-hybridized carbons (Fsp3) is 0.667. The standard InChI is InChI=1S/C18H30O4/c1-4-16(13-9-11-15-22-18(20)6-3)12-8-7-10-14-21-17(19)5-2/h5-6,16H,2-4,7-15H2,1H3. The van der Waals surface area contributed by atoms with E-state index in [0.29, 0.717) is 13.2 Å². The Balaban J connectivity index is 3.50. The van der Waals surface area contributed by atoms with Gasteiger partial charge in [0.2, 0.25) is 0 Å². The van der Waals surface area contributed by atoms with Crippen molar-refractivity contribution in [2.24, 2.45) is 5.92 Å². The molecule has 0 aliphatic carbocycles. The van der Waals surface area contributed by atoms with Crippen LogP contribution < -0.4 is 0 Å². The van der Waals surface area contributed by atoms with Gasteiger partial charge in [0.1, 0.15) is 0 Å². The molecular formula is C18H30O4. The first-order valence-electron chi connectivity index (χ1n) is 8.22. The van der Waals surface area contributed by atoms with E-state index in [9.17, 15) is 9.59 Å². The number of esters is 2. The first-order chi connectivity index (χ1) is 10.6. The molecule has 0 saturated carbocycles. The van der Waals surface area contributed by atoms with Crippen molar-refractivity contribution in [2.45, 2.75) is 58.3 Å². The normalized spacial score (nSPS) is 11.5. The van der Waals surface area contributed by atoms with Crippen LogP contribution in [0.3, 0.4) is 0 Å². The maximum absolute atomic E-state index is 10.9. The molecule has 0 aromatic heterocycles. The molecule has 1 atom stereocenters. The Hall–Kier alpha value is -1.58. The summed E-state index contributed by atoms with van der Waals surface area (Å²) in [6.45, 7) is 9.90. The summed E-state index contributed by atoms with van der Waals surface area (Å²) in [5.74, 6) is 0.0404. The van der Waals surface area contributed by atoms with Gasteiger partial charge in [-0.15, -0.1) is 0 Å². The monoisotopic (exact) mass is 310 g/mol. The van der Waals surface area contributed by atoms with Crippen LogP contribution in [0.15, 0.2) is 25.3 Å². The van der Waals surface area contributed by atoms with Gasteiger partial charge in [0.15, 0.2) is 0 Å². The Morgan fingerprint density at radius 1 is 0.864 bits per heavy atom. The zero-order chi connectivity index (χ0) is 16.6. The smallest absolute Gasteiger partial charge is 0.330 e. The highest BCUT2D eigenvalue weighted by Crippen LogP contribution is 2.20. The van der Waals surface area contributed by atoms with Gasteiger partial charge in [-0.2, -0.15) is 0 Å². The van der Waals surface area contributed by atoms with Crippen LogP contribution in [0.25, 0.3) is 0 Å². The summed E-state index contributed by atoms with van der Waals surface area (Å²) in [7, 11) is 0. The molecule has 0 aliphatic rings. The van der Waals surface area contributed by atoms with Crippen LogP contribution in [0.5, 0.6) is 0 Å².